The van der Waals surface area contributed by atoms with E-state index in [4.69, 9.17) is 14.4 Å². The van der Waals surface area contributed by atoms with E-state index in [1.165, 1.54) is 0 Å². The maximum atomic E-state index is 11.5. The lowest BCUT2D eigenvalue weighted by Gasteiger charge is -2.06. The predicted octanol–water partition coefficient (Wildman–Crippen LogP) is 1.21. The molecule has 0 atom stereocenters. The average Bonchev–Trinajstić information content (AvgIpc) is 2.90. The lowest BCUT2D eigenvalue weighted by molar-refractivity contribution is -0.120. The van der Waals surface area contributed by atoms with E-state index in [2.05, 4.69) is 10.5 Å². The second-order valence-corrected chi connectivity index (χ2v) is 4.62. The molecule has 2 aromatic rings. The highest BCUT2D eigenvalue weighted by atomic mass is 16.5. The number of rotatable bonds is 7. The largest absolute Gasteiger partial charge is 0.486 e. The third-order valence-electron chi connectivity index (χ3n) is 2.78. The zero-order valence-electron chi connectivity index (χ0n) is 11.8. The Balaban J connectivity index is 1.82. The van der Waals surface area contributed by atoms with Crippen LogP contribution in [0.1, 0.15) is 17.0 Å². The number of nitrogens with one attached hydrogen (secondary N) is 1. The van der Waals surface area contributed by atoms with Gasteiger partial charge in [-0.15, -0.1) is 0 Å². The van der Waals surface area contributed by atoms with E-state index in [9.17, 15) is 4.79 Å². The summed E-state index contributed by atoms with van der Waals surface area (Å²) < 4.78 is 10.6. The molecule has 0 aliphatic carbocycles. The van der Waals surface area contributed by atoms with Gasteiger partial charge in [0.2, 0.25) is 5.91 Å². The minimum Gasteiger partial charge on any atom is -0.486 e. The molecule has 21 heavy (non-hydrogen) atoms. The molecule has 0 radical (unpaired) electrons. The molecule has 6 nitrogen and oxygen atoms in total. The number of hydrogen-bond acceptors (Lipinski definition) is 5. The first-order valence-corrected chi connectivity index (χ1v) is 6.69. The Bertz CT molecular complexity index is 578. The topological polar surface area (TPSA) is 84.6 Å². The first-order valence-electron chi connectivity index (χ1n) is 6.69. The highest BCUT2D eigenvalue weighted by molar-refractivity contribution is 5.78. The Hall–Kier alpha value is -2.34. The van der Waals surface area contributed by atoms with Crippen molar-refractivity contribution in [1.82, 2.24) is 10.5 Å². The first kappa shape index (κ1) is 15.1. The summed E-state index contributed by atoms with van der Waals surface area (Å²) in [4.78, 5) is 11.5. The van der Waals surface area contributed by atoms with Gasteiger partial charge in [-0.05, 0) is 24.6 Å². The van der Waals surface area contributed by atoms with Crippen LogP contribution in [-0.4, -0.2) is 29.3 Å². The third kappa shape index (κ3) is 4.92. The number of aliphatic hydroxyl groups excluding tert-OH is 1. The molecular formula is C15H18N2O4. The molecule has 1 aromatic heterocycles. The predicted molar refractivity (Wildman–Crippen MR) is 75.8 cm³/mol. The Morgan fingerprint density at radius 1 is 1.38 bits per heavy atom. The second kappa shape index (κ2) is 7.44. The number of nitrogens with zero attached hydrogens (tertiary/aromatic N) is 1. The van der Waals surface area contributed by atoms with Gasteiger partial charge in [-0.1, -0.05) is 17.3 Å². The van der Waals surface area contributed by atoms with Crippen molar-refractivity contribution in [3.63, 3.8) is 0 Å². The Morgan fingerprint density at radius 3 is 2.76 bits per heavy atom. The number of carbonyl (C=O) groups is 1. The van der Waals surface area contributed by atoms with E-state index in [0.717, 1.165) is 11.3 Å². The average molecular weight is 290 g/mol. The number of aromatic nitrogens is 1. The molecule has 112 valence electrons. The molecule has 0 fully saturated rings. The molecule has 0 aliphatic heterocycles. The summed E-state index contributed by atoms with van der Waals surface area (Å²) in [6.07, 6.45) is 0.279. The maximum Gasteiger partial charge on any atom is 0.224 e. The number of benzene rings is 1. The zero-order valence-corrected chi connectivity index (χ0v) is 11.8. The summed E-state index contributed by atoms with van der Waals surface area (Å²) in [7, 11) is 0. The third-order valence-corrected chi connectivity index (χ3v) is 2.78. The highest BCUT2D eigenvalue weighted by Gasteiger charge is 2.04. The number of carbonyl (C=O) groups excluding carboxylic acids is 1. The standard InChI is InChI=1S/C15H18N2O4/c1-11-8-14(21-17-11)10-20-13-4-2-12(3-5-13)9-15(19)16-6-7-18/h2-5,8,18H,6-7,9-10H2,1H3,(H,16,19). The summed E-state index contributed by atoms with van der Waals surface area (Å²) in [6, 6.07) is 9.09. The van der Waals surface area contributed by atoms with Gasteiger partial charge in [-0.25, -0.2) is 0 Å². The van der Waals surface area contributed by atoms with Crippen LogP contribution in [0.5, 0.6) is 5.75 Å². The summed E-state index contributed by atoms with van der Waals surface area (Å²) in [5, 5.41) is 15.0. The van der Waals surface area contributed by atoms with Crippen LogP contribution in [0.2, 0.25) is 0 Å². The molecule has 0 aliphatic rings. The fourth-order valence-electron chi connectivity index (χ4n) is 1.79. The molecule has 0 unspecified atom stereocenters. The van der Waals surface area contributed by atoms with Gasteiger partial charge in [-0.2, -0.15) is 0 Å². The minimum atomic E-state index is -0.116. The number of amides is 1. The number of aliphatic hydroxyl groups is 1. The number of aryl methyl sites for hydroxylation is 1. The lowest BCUT2D eigenvalue weighted by atomic mass is 10.1. The van der Waals surface area contributed by atoms with Gasteiger partial charge in [0, 0.05) is 12.6 Å². The van der Waals surface area contributed by atoms with Crippen molar-refractivity contribution >= 4 is 5.91 Å². The first-order chi connectivity index (χ1) is 10.2. The van der Waals surface area contributed by atoms with E-state index in [0.29, 0.717) is 18.1 Å². The van der Waals surface area contributed by atoms with Crippen molar-refractivity contribution in [2.75, 3.05) is 13.2 Å². The van der Waals surface area contributed by atoms with Crippen LogP contribution in [0.4, 0.5) is 0 Å². The minimum absolute atomic E-state index is 0.0559. The summed E-state index contributed by atoms with van der Waals surface area (Å²) in [5.41, 5.74) is 1.70. The molecular weight excluding hydrogens is 272 g/mol. The Labute approximate surface area is 122 Å². The van der Waals surface area contributed by atoms with E-state index in [-0.39, 0.29) is 25.5 Å². The second-order valence-electron chi connectivity index (χ2n) is 4.62. The van der Waals surface area contributed by atoms with E-state index in [1.54, 1.807) is 12.1 Å². The fourth-order valence-corrected chi connectivity index (χ4v) is 1.79. The monoisotopic (exact) mass is 290 g/mol. The van der Waals surface area contributed by atoms with Gasteiger partial charge >= 0.3 is 0 Å². The molecule has 1 heterocycles. The zero-order chi connectivity index (χ0) is 15.1. The van der Waals surface area contributed by atoms with Gasteiger partial charge in [0.1, 0.15) is 12.4 Å². The number of hydrogen-bond donors (Lipinski definition) is 2. The smallest absolute Gasteiger partial charge is 0.224 e. The van der Waals surface area contributed by atoms with Crippen molar-refractivity contribution in [2.24, 2.45) is 0 Å². The van der Waals surface area contributed by atoms with Crippen LogP contribution in [0.25, 0.3) is 0 Å². The van der Waals surface area contributed by atoms with Crippen LogP contribution >= 0.6 is 0 Å². The molecule has 0 saturated heterocycles. The SMILES string of the molecule is Cc1cc(COc2ccc(CC(=O)NCCO)cc2)on1. The van der Waals surface area contributed by atoms with Gasteiger partial charge in [0.15, 0.2) is 5.76 Å². The molecule has 0 bridgehead atoms. The van der Waals surface area contributed by atoms with Crippen molar-refractivity contribution in [3.8, 4) is 5.75 Å². The van der Waals surface area contributed by atoms with E-state index in [1.807, 2.05) is 25.1 Å². The maximum absolute atomic E-state index is 11.5. The van der Waals surface area contributed by atoms with Crippen molar-refractivity contribution in [1.29, 1.82) is 0 Å². The van der Waals surface area contributed by atoms with Gasteiger partial charge in [0.05, 0.1) is 18.7 Å². The van der Waals surface area contributed by atoms with Crippen molar-refractivity contribution in [3.05, 3.63) is 47.3 Å². The van der Waals surface area contributed by atoms with Crippen molar-refractivity contribution < 1.29 is 19.2 Å². The molecule has 1 aromatic carbocycles. The van der Waals surface area contributed by atoms with Gasteiger partial charge in [0.25, 0.3) is 0 Å². The van der Waals surface area contributed by atoms with Crippen LogP contribution in [0.15, 0.2) is 34.9 Å². The quantitative estimate of drug-likeness (QED) is 0.800. The molecule has 1 amide bonds. The van der Waals surface area contributed by atoms with Crippen LogP contribution in [-0.2, 0) is 17.8 Å². The highest BCUT2D eigenvalue weighted by Crippen LogP contribution is 2.15. The van der Waals surface area contributed by atoms with Gasteiger partial charge < -0.3 is 19.7 Å². The van der Waals surface area contributed by atoms with E-state index >= 15 is 0 Å². The lowest BCUT2D eigenvalue weighted by Crippen LogP contribution is -2.27. The van der Waals surface area contributed by atoms with Crippen LogP contribution < -0.4 is 10.1 Å². The summed E-state index contributed by atoms with van der Waals surface area (Å²) in [6.45, 7) is 2.39. The molecule has 0 spiro atoms. The van der Waals surface area contributed by atoms with E-state index < -0.39 is 0 Å². The molecule has 2 rings (SSSR count). The Kier molecular flexibility index (Phi) is 5.34. The fraction of sp³-hybridized carbons (Fsp3) is 0.333. The van der Waals surface area contributed by atoms with Crippen LogP contribution in [0.3, 0.4) is 0 Å². The van der Waals surface area contributed by atoms with Gasteiger partial charge in [-0.3, -0.25) is 4.79 Å². The number of ether oxygens (including phenoxy) is 1. The van der Waals surface area contributed by atoms with Crippen molar-refractivity contribution in [2.45, 2.75) is 20.0 Å². The summed E-state index contributed by atoms with van der Waals surface area (Å²) >= 11 is 0. The molecule has 6 heteroatoms. The normalized spacial score (nSPS) is 10.4. The Morgan fingerprint density at radius 2 is 2.14 bits per heavy atom. The molecule has 2 N–H and O–H groups in total. The summed E-state index contributed by atoms with van der Waals surface area (Å²) in [5.74, 6) is 1.25. The van der Waals surface area contributed by atoms with Crippen LogP contribution in [0, 0.1) is 6.92 Å². The molecule has 0 saturated carbocycles.